The molecule has 15 heteroatoms. The van der Waals surface area contributed by atoms with Gasteiger partial charge in [-0.15, -0.1) is 11.3 Å². The van der Waals surface area contributed by atoms with Crippen molar-refractivity contribution in [2.24, 2.45) is 17.4 Å². The molecule has 0 saturated heterocycles. The number of nitrogens with one attached hydrogen (secondary N) is 4. The van der Waals surface area contributed by atoms with Crippen molar-refractivity contribution >= 4 is 51.6 Å². The Bertz CT molecular complexity index is 1920. The third-order valence-corrected chi connectivity index (χ3v) is 11.1. The second-order valence-electron chi connectivity index (χ2n) is 14.8. The first-order valence-corrected chi connectivity index (χ1v) is 20.7. The second-order valence-corrected chi connectivity index (χ2v) is 15.5. The number of nitrogens with zero attached hydrogens (tertiary/aromatic N) is 2. The van der Waals surface area contributed by atoms with E-state index in [2.05, 4.69) is 31.2 Å². The third kappa shape index (κ3) is 13.2. The Hall–Kier alpha value is -5.25. The summed E-state index contributed by atoms with van der Waals surface area (Å²) in [5.41, 5.74) is 14.4. The molecular formula is C42H54N8O6S. The van der Waals surface area contributed by atoms with Crippen LogP contribution in [-0.2, 0) is 32.0 Å². The van der Waals surface area contributed by atoms with E-state index in [0.29, 0.717) is 37.9 Å². The first-order chi connectivity index (χ1) is 27.6. The Kier molecular flexibility index (Phi) is 16.5. The van der Waals surface area contributed by atoms with Gasteiger partial charge in [0.1, 0.15) is 18.1 Å². The van der Waals surface area contributed by atoms with E-state index >= 15 is 0 Å². The van der Waals surface area contributed by atoms with Crippen molar-refractivity contribution in [2.75, 3.05) is 6.54 Å². The molecule has 5 atom stereocenters. The van der Waals surface area contributed by atoms with Crippen LogP contribution >= 0.6 is 11.3 Å². The van der Waals surface area contributed by atoms with E-state index < -0.39 is 59.8 Å². The SMILES string of the molecule is NCCCCC(NC(=O)CC(O)C(CC1CCCCC1)NC(=O)C(Cc1cscn1)NC(=O)C(Cc1cccc2ccccc12)NC(=O)c1cccnc1)C(N)=O. The molecule has 9 N–H and O–H groups in total. The van der Waals surface area contributed by atoms with Gasteiger partial charge in [-0.2, -0.15) is 0 Å². The highest BCUT2D eigenvalue weighted by atomic mass is 32.1. The lowest BCUT2D eigenvalue weighted by Crippen LogP contribution is -2.57. The van der Waals surface area contributed by atoms with Gasteiger partial charge in [0.15, 0.2) is 0 Å². The number of aliphatic hydroxyl groups is 1. The van der Waals surface area contributed by atoms with Crippen LogP contribution in [0.1, 0.15) is 85.8 Å². The van der Waals surface area contributed by atoms with E-state index in [0.717, 1.165) is 48.4 Å². The van der Waals surface area contributed by atoms with Crippen molar-refractivity contribution in [1.29, 1.82) is 0 Å². The van der Waals surface area contributed by atoms with E-state index in [1.165, 1.54) is 17.5 Å². The smallest absolute Gasteiger partial charge is 0.253 e. The number of hydrogen-bond donors (Lipinski definition) is 7. The number of hydrogen-bond acceptors (Lipinski definition) is 10. The first-order valence-electron chi connectivity index (χ1n) is 19.7. The molecule has 5 amide bonds. The lowest BCUT2D eigenvalue weighted by molar-refractivity contribution is -0.132. The fraction of sp³-hybridized carbons (Fsp3) is 0.452. The summed E-state index contributed by atoms with van der Waals surface area (Å²) in [6.45, 7) is 0.440. The first kappa shape index (κ1) is 42.9. The Morgan fingerprint density at radius 2 is 1.60 bits per heavy atom. The van der Waals surface area contributed by atoms with Crippen LogP contribution in [0.4, 0.5) is 0 Å². The standard InChI is InChI=1S/C42H54N8O6S/c43-18-7-6-17-33(39(44)53)47-38(52)23-37(51)34(20-27-10-2-1-3-11-27)48-42(56)36(22-31-25-57-26-46-31)50-41(55)35(49-40(54)30-15-9-19-45-24-30)21-29-14-8-13-28-12-4-5-16-32(28)29/h4-5,8-9,12-16,19,24-27,33-37,51H,1-3,6-7,10-11,17-18,20-23,43H2,(H2,44,53)(H,47,52)(H,48,56)(H,49,54)(H,50,55). The van der Waals surface area contributed by atoms with Crippen molar-refractivity contribution in [3.8, 4) is 0 Å². The Morgan fingerprint density at radius 1 is 0.842 bits per heavy atom. The van der Waals surface area contributed by atoms with Crippen molar-refractivity contribution in [3.63, 3.8) is 0 Å². The zero-order chi connectivity index (χ0) is 40.6. The van der Waals surface area contributed by atoms with E-state index in [1.807, 2.05) is 42.5 Å². The molecule has 0 aliphatic heterocycles. The maximum atomic E-state index is 14.3. The average molecular weight is 799 g/mol. The summed E-state index contributed by atoms with van der Waals surface area (Å²) in [4.78, 5) is 75.8. The molecule has 0 spiro atoms. The van der Waals surface area contributed by atoms with Gasteiger partial charge in [0.05, 0.1) is 35.3 Å². The van der Waals surface area contributed by atoms with Crippen molar-refractivity contribution in [3.05, 3.63) is 94.7 Å². The van der Waals surface area contributed by atoms with Gasteiger partial charge in [0.2, 0.25) is 23.6 Å². The minimum atomic E-state index is -1.30. The summed E-state index contributed by atoms with van der Waals surface area (Å²) >= 11 is 1.35. The molecule has 5 rings (SSSR count). The van der Waals surface area contributed by atoms with Crippen LogP contribution < -0.4 is 32.7 Å². The summed E-state index contributed by atoms with van der Waals surface area (Å²) in [6.07, 6.45) is 8.42. The summed E-state index contributed by atoms with van der Waals surface area (Å²) in [6, 6.07) is 12.7. The molecule has 2 heterocycles. The Labute approximate surface area is 337 Å². The number of amides is 5. The quantitative estimate of drug-likeness (QED) is 0.0614. The fourth-order valence-corrected chi connectivity index (χ4v) is 7.98. The minimum absolute atomic E-state index is 0.0361. The lowest BCUT2D eigenvalue weighted by atomic mass is 9.83. The Balaban J connectivity index is 1.37. The van der Waals surface area contributed by atoms with E-state index in [4.69, 9.17) is 11.5 Å². The topological polar surface area (TPSA) is 232 Å². The highest BCUT2D eigenvalue weighted by Crippen LogP contribution is 2.29. The number of pyridine rings is 1. The third-order valence-electron chi connectivity index (χ3n) is 10.5. The number of carbonyl (C=O) groups excluding carboxylic acids is 5. The molecule has 57 heavy (non-hydrogen) atoms. The van der Waals surface area contributed by atoms with Crippen LogP contribution in [0.3, 0.4) is 0 Å². The number of aromatic nitrogens is 2. The molecule has 2 aromatic heterocycles. The molecule has 0 bridgehead atoms. The van der Waals surface area contributed by atoms with Crippen LogP contribution in [0.25, 0.3) is 10.8 Å². The number of aliphatic hydroxyl groups excluding tert-OH is 1. The molecule has 1 fully saturated rings. The van der Waals surface area contributed by atoms with Gasteiger partial charge in [0.25, 0.3) is 5.91 Å². The van der Waals surface area contributed by atoms with Crippen LogP contribution in [0.5, 0.6) is 0 Å². The molecule has 4 aromatic rings. The number of primary amides is 1. The second kappa shape index (κ2) is 21.9. The van der Waals surface area contributed by atoms with Gasteiger partial charge in [-0.1, -0.05) is 74.6 Å². The molecule has 14 nitrogen and oxygen atoms in total. The summed E-state index contributed by atoms with van der Waals surface area (Å²) in [5, 5.41) is 26.6. The van der Waals surface area contributed by atoms with Gasteiger partial charge in [-0.05, 0) is 66.6 Å². The van der Waals surface area contributed by atoms with Gasteiger partial charge in [-0.3, -0.25) is 29.0 Å². The molecule has 1 aliphatic carbocycles. The van der Waals surface area contributed by atoms with Crippen molar-refractivity contribution < 1.29 is 29.1 Å². The summed E-state index contributed by atoms with van der Waals surface area (Å²) in [5.74, 6) is -2.72. The monoisotopic (exact) mass is 798 g/mol. The van der Waals surface area contributed by atoms with Gasteiger partial charge in [-0.25, -0.2) is 4.98 Å². The molecular weight excluding hydrogens is 745 g/mol. The van der Waals surface area contributed by atoms with Crippen LogP contribution in [-0.4, -0.2) is 81.4 Å². The van der Waals surface area contributed by atoms with Crippen molar-refractivity contribution in [1.82, 2.24) is 31.2 Å². The molecule has 5 unspecified atom stereocenters. The molecule has 2 aromatic carbocycles. The van der Waals surface area contributed by atoms with E-state index in [9.17, 15) is 29.1 Å². The fourth-order valence-electron chi connectivity index (χ4n) is 7.41. The van der Waals surface area contributed by atoms with E-state index in [-0.39, 0.29) is 30.7 Å². The lowest BCUT2D eigenvalue weighted by Gasteiger charge is -2.32. The highest BCUT2D eigenvalue weighted by molar-refractivity contribution is 7.07. The summed E-state index contributed by atoms with van der Waals surface area (Å²) < 4.78 is 0. The predicted molar refractivity (Wildman–Crippen MR) is 219 cm³/mol. The predicted octanol–water partition coefficient (Wildman–Crippen LogP) is 3.07. The van der Waals surface area contributed by atoms with Crippen LogP contribution in [0.15, 0.2) is 77.9 Å². The maximum absolute atomic E-state index is 14.3. The average Bonchev–Trinajstić information content (AvgIpc) is 3.73. The number of carbonyl (C=O) groups is 5. The number of benzene rings is 2. The molecule has 304 valence electrons. The minimum Gasteiger partial charge on any atom is -0.390 e. The number of rotatable bonds is 21. The number of unbranched alkanes of at least 4 members (excludes halogenated alkanes) is 1. The number of fused-ring (bicyclic) bond motifs is 1. The normalized spacial score (nSPS) is 15.8. The highest BCUT2D eigenvalue weighted by Gasteiger charge is 2.33. The Morgan fingerprint density at radius 3 is 2.32 bits per heavy atom. The molecule has 0 radical (unpaired) electrons. The van der Waals surface area contributed by atoms with Gasteiger partial charge >= 0.3 is 0 Å². The zero-order valence-corrected chi connectivity index (χ0v) is 32.9. The van der Waals surface area contributed by atoms with Crippen molar-refractivity contribution in [2.45, 2.75) is 107 Å². The number of nitrogens with two attached hydrogens (primary N) is 2. The van der Waals surface area contributed by atoms with Gasteiger partial charge in [0, 0.05) is 30.6 Å². The molecule has 1 aliphatic rings. The maximum Gasteiger partial charge on any atom is 0.253 e. The number of thiazole rings is 1. The van der Waals surface area contributed by atoms with Crippen LogP contribution in [0, 0.1) is 5.92 Å². The summed E-state index contributed by atoms with van der Waals surface area (Å²) in [7, 11) is 0. The van der Waals surface area contributed by atoms with Gasteiger partial charge < -0.3 is 37.8 Å². The molecule has 1 saturated carbocycles. The zero-order valence-electron chi connectivity index (χ0n) is 32.1. The van der Waals surface area contributed by atoms with E-state index in [1.54, 1.807) is 29.2 Å². The van der Waals surface area contributed by atoms with Crippen LogP contribution in [0.2, 0.25) is 0 Å². The largest absolute Gasteiger partial charge is 0.390 e.